The third kappa shape index (κ3) is 5.02. The monoisotopic (exact) mass is 263 g/mol. The van der Waals surface area contributed by atoms with Crippen molar-refractivity contribution in [1.82, 2.24) is 0 Å². The summed E-state index contributed by atoms with van der Waals surface area (Å²) in [5.41, 5.74) is -0.179. The average molecular weight is 263 g/mol. The Morgan fingerprint density at radius 1 is 1.39 bits per heavy atom. The maximum absolute atomic E-state index is 11.2. The summed E-state index contributed by atoms with van der Waals surface area (Å²) in [5.74, 6) is -1.13. The van der Waals surface area contributed by atoms with E-state index in [9.17, 15) is 18.3 Å². The summed E-state index contributed by atoms with van der Waals surface area (Å²) in [4.78, 5) is 13.7. The zero-order valence-corrected chi connectivity index (χ0v) is 10.8. The van der Waals surface area contributed by atoms with Crippen LogP contribution in [0.2, 0.25) is 0 Å². The van der Waals surface area contributed by atoms with Gasteiger partial charge in [-0.15, -0.1) is 0 Å². The number of carbonyl (C=O) groups excluding carboxylic acids is 1. The molecule has 0 atom stereocenters. The van der Waals surface area contributed by atoms with Gasteiger partial charge in [0.2, 0.25) is 0 Å². The molecule has 0 heterocycles. The van der Waals surface area contributed by atoms with Gasteiger partial charge in [-0.3, -0.25) is 14.3 Å². The van der Waals surface area contributed by atoms with E-state index in [1.807, 2.05) is 0 Å². The minimum absolute atomic E-state index is 0. The van der Waals surface area contributed by atoms with Crippen molar-refractivity contribution in [2.75, 3.05) is 0 Å². The van der Waals surface area contributed by atoms with Gasteiger partial charge in [0.1, 0.15) is 10.7 Å². The molecule has 0 fully saturated rings. The van der Waals surface area contributed by atoms with Crippen molar-refractivity contribution in [3.8, 4) is 0 Å². The number of hydrogen-bond donors (Lipinski definition) is 1. The first kappa shape index (κ1) is 16.9. The van der Waals surface area contributed by atoms with E-state index in [2.05, 4.69) is 4.99 Å². The standard InChI is InChI=1S/C10H11NO5S.Li/c1-7(12)6-10(13)11-8-4-2-3-5-9(8)17(14,15)16;/h2-5H,6H2,1H3,(H,11,13)(H,14,15,16);/q;+1/p-1. The largest absolute Gasteiger partial charge is 1.00 e. The number of nitrogens with zero attached hydrogens (tertiary/aromatic N) is 1. The fraction of sp³-hybridized carbons (Fsp3) is 0.200. The SMILES string of the molecule is CC(=O)CC([O-])=Nc1ccccc1S(=O)(=O)O.[Li+]. The molecule has 8 heteroatoms. The van der Waals surface area contributed by atoms with Crippen LogP contribution in [0.4, 0.5) is 5.69 Å². The second-order valence-corrected chi connectivity index (χ2v) is 4.72. The third-order valence-electron chi connectivity index (χ3n) is 1.79. The Morgan fingerprint density at radius 2 is 1.94 bits per heavy atom. The molecule has 1 aromatic carbocycles. The number of ketones is 1. The maximum atomic E-state index is 11.2. The molecule has 1 N–H and O–H groups in total. The van der Waals surface area contributed by atoms with Crippen LogP contribution in [-0.2, 0) is 14.9 Å². The Balaban J connectivity index is 0.00000289. The van der Waals surface area contributed by atoms with Crippen molar-refractivity contribution in [2.24, 2.45) is 4.99 Å². The van der Waals surface area contributed by atoms with Crippen LogP contribution in [0.1, 0.15) is 13.3 Å². The van der Waals surface area contributed by atoms with Crippen molar-refractivity contribution in [3.63, 3.8) is 0 Å². The number of Topliss-reactive ketones (excluding diaryl/α,β-unsaturated/α-hetero) is 1. The molecule has 0 saturated heterocycles. The van der Waals surface area contributed by atoms with Crippen LogP contribution in [0.5, 0.6) is 0 Å². The number of carbonyl (C=O) groups is 1. The number of aliphatic imine (C=N–C) groups is 1. The number of para-hydroxylation sites is 1. The van der Waals surface area contributed by atoms with Crippen LogP contribution in [-0.4, -0.2) is 24.7 Å². The van der Waals surface area contributed by atoms with Crippen molar-refractivity contribution in [1.29, 1.82) is 0 Å². The van der Waals surface area contributed by atoms with Crippen LogP contribution < -0.4 is 24.0 Å². The number of rotatable bonds is 4. The molecule has 92 valence electrons. The minimum atomic E-state index is -4.44. The van der Waals surface area contributed by atoms with E-state index in [0.717, 1.165) is 6.07 Å². The zero-order valence-electron chi connectivity index (χ0n) is 9.95. The van der Waals surface area contributed by atoms with E-state index in [-0.39, 0.29) is 30.3 Å². The molecule has 18 heavy (non-hydrogen) atoms. The van der Waals surface area contributed by atoms with Crippen molar-refractivity contribution < 1.29 is 41.7 Å². The van der Waals surface area contributed by atoms with Crippen molar-refractivity contribution in [2.45, 2.75) is 18.2 Å². The minimum Gasteiger partial charge on any atom is -0.861 e. The molecule has 0 spiro atoms. The van der Waals surface area contributed by atoms with Crippen LogP contribution in [0, 0.1) is 0 Å². The number of hydrogen-bond acceptors (Lipinski definition) is 5. The molecule has 1 aromatic rings. The van der Waals surface area contributed by atoms with E-state index in [0.29, 0.717) is 0 Å². The number of benzene rings is 1. The zero-order chi connectivity index (χ0) is 13.1. The Bertz CT molecular complexity index is 567. The van der Waals surface area contributed by atoms with E-state index >= 15 is 0 Å². The van der Waals surface area contributed by atoms with Crippen molar-refractivity contribution >= 4 is 27.5 Å². The molecule has 0 radical (unpaired) electrons. The fourth-order valence-electron chi connectivity index (χ4n) is 1.15. The normalized spacial score (nSPS) is 11.8. The van der Waals surface area contributed by atoms with Gasteiger partial charge in [0.15, 0.2) is 0 Å². The smallest absolute Gasteiger partial charge is 0.861 e. The van der Waals surface area contributed by atoms with Crippen LogP contribution in [0.25, 0.3) is 0 Å². The topological polar surface area (TPSA) is 107 Å². The Kier molecular flexibility index (Phi) is 6.29. The van der Waals surface area contributed by atoms with Gasteiger partial charge in [-0.1, -0.05) is 12.1 Å². The molecule has 0 aromatic heterocycles. The molecular formula is C10H10LiNO5S. The third-order valence-corrected chi connectivity index (χ3v) is 2.69. The predicted octanol–water partition coefficient (Wildman–Crippen LogP) is -2.69. The molecule has 0 saturated carbocycles. The maximum Gasteiger partial charge on any atom is 1.00 e. The first-order chi connectivity index (χ1) is 7.80. The summed E-state index contributed by atoms with van der Waals surface area (Å²) in [6, 6.07) is 5.24. The summed E-state index contributed by atoms with van der Waals surface area (Å²) in [7, 11) is -4.44. The van der Waals surface area contributed by atoms with Gasteiger partial charge in [0.05, 0.1) is 5.69 Å². The van der Waals surface area contributed by atoms with Gasteiger partial charge in [0, 0.05) is 6.42 Å². The summed E-state index contributed by atoms with van der Waals surface area (Å²) >= 11 is 0. The summed E-state index contributed by atoms with van der Waals surface area (Å²) in [6.07, 6.45) is -0.403. The molecular weight excluding hydrogens is 253 g/mol. The van der Waals surface area contributed by atoms with E-state index in [1.54, 1.807) is 0 Å². The first-order valence-corrected chi connectivity index (χ1v) is 6.05. The molecule has 0 amide bonds. The second kappa shape index (κ2) is 6.71. The molecule has 0 bridgehead atoms. The quantitative estimate of drug-likeness (QED) is 0.275. The van der Waals surface area contributed by atoms with Crippen LogP contribution >= 0.6 is 0 Å². The molecule has 1 rings (SSSR count). The Labute approximate surface area is 117 Å². The van der Waals surface area contributed by atoms with Gasteiger partial charge >= 0.3 is 18.9 Å². The van der Waals surface area contributed by atoms with Gasteiger partial charge in [-0.05, 0) is 25.0 Å². The van der Waals surface area contributed by atoms with Crippen LogP contribution in [0.15, 0.2) is 34.2 Å². The average Bonchev–Trinajstić information content (AvgIpc) is 2.15. The van der Waals surface area contributed by atoms with Gasteiger partial charge < -0.3 is 5.11 Å². The molecule has 6 nitrogen and oxygen atoms in total. The van der Waals surface area contributed by atoms with E-state index < -0.39 is 27.3 Å². The fourth-order valence-corrected chi connectivity index (χ4v) is 1.78. The molecule has 0 aliphatic rings. The summed E-state index contributed by atoms with van der Waals surface area (Å²) in [6.45, 7) is 1.22. The van der Waals surface area contributed by atoms with Gasteiger partial charge in [-0.2, -0.15) is 8.42 Å². The first-order valence-electron chi connectivity index (χ1n) is 4.61. The molecule has 0 unspecified atom stereocenters. The van der Waals surface area contributed by atoms with Gasteiger partial charge in [0.25, 0.3) is 10.1 Å². The van der Waals surface area contributed by atoms with Crippen LogP contribution in [0.3, 0.4) is 0 Å². The van der Waals surface area contributed by atoms with E-state index in [1.165, 1.54) is 25.1 Å². The summed E-state index contributed by atoms with van der Waals surface area (Å²) in [5, 5.41) is 11.2. The van der Waals surface area contributed by atoms with Crippen molar-refractivity contribution in [3.05, 3.63) is 24.3 Å². The van der Waals surface area contributed by atoms with E-state index in [4.69, 9.17) is 4.55 Å². The summed E-state index contributed by atoms with van der Waals surface area (Å²) < 4.78 is 30.8. The molecule has 0 aliphatic carbocycles. The predicted molar refractivity (Wildman–Crippen MR) is 58.6 cm³/mol. The Morgan fingerprint density at radius 3 is 2.44 bits per heavy atom. The van der Waals surface area contributed by atoms with Gasteiger partial charge in [-0.25, -0.2) is 0 Å². The second-order valence-electron chi connectivity index (χ2n) is 3.33. The Hall–Kier alpha value is -1.13. The molecule has 0 aliphatic heterocycles.